The standard InChI is InChI=1S/C52H36O/c1-4-16-35(17-5-1)42-30-28-38(33-48(42)36-18-6-2-7-19-36)51-45-26-14-15-27-46(45)52(50-34-40(29-31-47(50)51)53-39-21-8-3-9-22-39)49-32-37-20-10-11-23-41(37)43-24-12-13-25-44(43)49/h1-8,10-21,23-34H,9,22H2. The smallest absolute Gasteiger partial charge is 0.127 e. The lowest BCUT2D eigenvalue weighted by molar-refractivity contribution is 0.403. The van der Waals surface area contributed by atoms with Crippen molar-refractivity contribution in [3.05, 3.63) is 200 Å². The molecular formula is C52H36O. The van der Waals surface area contributed by atoms with Crippen LogP contribution in [-0.2, 0) is 0 Å². The summed E-state index contributed by atoms with van der Waals surface area (Å²) in [6.45, 7) is 0. The van der Waals surface area contributed by atoms with Crippen molar-refractivity contribution in [2.24, 2.45) is 0 Å². The average Bonchev–Trinajstić information content (AvgIpc) is 3.23. The summed E-state index contributed by atoms with van der Waals surface area (Å²) < 4.78 is 6.62. The van der Waals surface area contributed by atoms with Gasteiger partial charge in [0.25, 0.3) is 0 Å². The Balaban J connectivity index is 1.30. The van der Waals surface area contributed by atoms with Gasteiger partial charge in [0.05, 0.1) is 0 Å². The molecule has 0 heterocycles. The minimum atomic E-state index is 0.857. The maximum absolute atomic E-state index is 6.62. The van der Waals surface area contributed by atoms with Crippen LogP contribution in [0.5, 0.6) is 5.75 Å². The quantitative estimate of drug-likeness (QED) is 0.126. The lowest BCUT2D eigenvalue weighted by Gasteiger charge is -2.21. The summed E-state index contributed by atoms with van der Waals surface area (Å²) in [7, 11) is 0. The molecular weight excluding hydrogens is 641 g/mol. The average molecular weight is 677 g/mol. The second-order valence-corrected chi connectivity index (χ2v) is 13.9. The number of ether oxygens (including phenoxy) is 1. The zero-order chi connectivity index (χ0) is 35.1. The van der Waals surface area contributed by atoms with E-state index in [1.54, 1.807) is 0 Å². The van der Waals surface area contributed by atoms with Crippen molar-refractivity contribution in [2.45, 2.75) is 12.8 Å². The van der Waals surface area contributed by atoms with E-state index in [9.17, 15) is 0 Å². The number of rotatable bonds is 6. The molecule has 0 aliphatic heterocycles. The van der Waals surface area contributed by atoms with Crippen LogP contribution >= 0.6 is 0 Å². The van der Waals surface area contributed by atoms with Crippen LogP contribution in [-0.4, -0.2) is 0 Å². The minimum absolute atomic E-state index is 0.857. The highest BCUT2D eigenvalue weighted by Gasteiger charge is 2.21. The van der Waals surface area contributed by atoms with E-state index in [1.165, 1.54) is 87.6 Å². The molecule has 9 aromatic carbocycles. The van der Waals surface area contributed by atoms with Gasteiger partial charge in [0, 0.05) is 6.42 Å². The van der Waals surface area contributed by atoms with Gasteiger partial charge in [-0.15, -0.1) is 0 Å². The molecule has 1 heteroatoms. The van der Waals surface area contributed by atoms with Gasteiger partial charge in [-0.3, -0.25) is 0 Å². The first-order valence-electron chi connectivity index (χ1n) is 18.5. The van der Waals surface area contributed by atoms with Crippen molar-refractivity contribution in [1.29, 1.82) is 0 Å². The zero-order valence-corrected chi connectivity index (χ0v) is 29.3. The molecule has 0 N–H and O–H groups in total. The minimum Gasteiger partial charge on any atom is -0.462 e. The van der Waals surface area contributed by atoms with E-state index < -0.39 is 0 Å². The number of hydrogen-bond acceptors (Lipinski definition) is 1. The normalized spacial score (nSPS) is 12.8. The number of fused-ring (bicyclic) bond motifs is 5. The largest absolute Gasteiger partial charge is 0.462 e. The van der Waals surface area contributed by atoms with E-state index >= 15 is 0 Å². The van der Waals surface area contributed by atoms with Crippen LogP contribution < -0.4 is 4.74 Å². The second-order valence-electron chi connectivity index (χ2n) is 13.9. The summed E-state index contributed by atoms with van der Waals surface area (Å²) in [6, 6.07) is 64.2. The molecule has 250 valence electrons. The molecule has 1 aliphatic carbocycles. The fourth-order valence-electron chi connectivity index (χ4n) is 8.33. The van der Waals surface area contributed by atoms with Crippen LogP contribution in [0.4, 0.5) is 0 Å². The summed E-state index contributed by atoms with van der Waals surface area (Å²) in [6.07, 6.45) is 8.28. The van der Waals surface area contributed by atoms with Crippen molar-refractivity contribution in [2.75, 3.05) is 0 Å². The molecule has 0 radical (unpaired) electrons. The Kier molecular flexibility index (Phi) is 7.69. The van der Waals surface area contributed by atoms with Gasteiger partial charge in [0.2, 0.25) is 0 Å². The number of allylic oxidation sites excluding steroid dienone is 4. The fraction of sp³-hybridized carbons (Fsp3) is 0.0385. The molecule has 0 saturated carbocycles. The molecule has 1 nitrogen and oxygen atoms in total. The van der Waals surface area contributed by atoms with E-state index in [0.29, 0.717) is 0 Å². The summed E-state index contributed by atoms with van der Waals surface area (Å²) in [5, 5.41) is 9.84. The first-order chi connectivity index (χ1) is 26.3. The van der Waals surface area contributed by atoms with Gasteiger partial charge in [-0.2, -0.15) is 0 Å². The molecule has 1 aliphatic rings. The lowest BCUT2D eigenvalue weighted by Crippen LogP contribution is -1.98. The van der Waals surface area contributed by atoms with Crippen LogP contribution in [0.2, 0.25) is 0 Å². The third-order valence-corrected chi connectivity index (χ3v) is 10.7. The summed E-state index contributed by atoms with van der Waals surface area (Å²) in [5.41, 5.74) is 9.72. The van der Waals surface area contributed by atoms with Crippen LogP contribution in [0.15, 0.2) is 200 Å². The van der Waals surface area contributed by atoms with Gasteiger partial charge in [0.15, 0.2) is 0 Å². The van der Waals surface area contributed by atoms with Crippen molar-refractivity contribution < 1.29 is 4.74 Å². The molecule has 0 amide bonds. The Labute approximate surface area is 309 Å². The number of benzene rings is 9. The molecule has 0 spiro atoms. The molecule has 0 aromatic heterocycles. The van der Waals surface area contributed by atoms with E-state index in [-0.39, 0.29) is 0 Å². The molecule has 0 saturated heterocycles. The predicted molar refractivity (Wildman–Crippen MR) is 225 cm³/mol. The third kappa shape index (κ3) is 5.50. The van der Waals surface area contributed by atoms with Crippen LogP contribution in [0.1, 0.15) is 12.8 Å². The van der Waals surface area contributed by atoms with Crippen LogP contribution in [0.3, 0.4) is 0 Å². The van der Waals surface area contributed by atoms with E-state index in [4.69, 9.17) is 4.74 Å². The fourth-order valence-corrected chi connectivity index (χ4v) is 8.33. The topological polar surface area (TPSA) is 9.23 Å². The predicted octanol–water partition coefficient (Wildman–Crippen LogP) is 14.6. The van der Waals surface area contributed by atoms with Gasteiger partial charge in [-0.05, 0) is 124 Å². The van der Waals surface area contributed by atoms with Crippen LogP contribution in [0.25, 0.3) is 87.6 Å². The molecule has 0 bridgehead atoms. The number of hydrogen-bond donors (Lipinski definition) is 0. The third-order valence-electron chi connectivity index (χ3n) is 10.7. The van der Waals surface area contributed by atoms with Crippen molar-refractivity contribution in [3.8, 4) is 50.3 Å². The summed E-state index contributed by atoms with van der Waals surface area (Å²) in [5.74, 6) is 1.85. The summed E-state index contributed by atoms with van der Waals surface area (Å²) in [4.78, 5) is 0. The molecule has 9 aromatic rings. The highest BCUT2D eigenvalue weighted by Crippen LogP contribution is 2.48. The Morgan fingerprint density at radius 2 is 1.00 bits per heavy atom. The van der Waals surface area contributed by atoms with Gasteiger partial charge in [0.1, 0.15) is 11.5 Å². The lowest BCUT2D eigenvalue weighted by atomic mass is 9.82. The second kappa shape index (κ2) is 13.1. The van der Waals surface area contributed by atoms with Gasteiger partial charge in [-0.1, -0.05) is 164 Å². The Bertz CT molecular complexity index is 2900. The molecule has 0 fully saturated rings. The first-order valence-corrected chi connectivity index (χ1v) is 18.5. The SMILES string of the molecule is C1=CCCC(Oc2ccc3c(-c4ccc(-c5ccccc5)c(-c5ccccc5)c4)c4ccccc4c(-c4cc5ccccc5c5ccccc45)c3c2)=C1. The van der Waals surface area contributed by atoms with Crippen molar-refractivity contribution >= 4 is 43.1 Å². The van der Waals surface area contributed by atoms with Gasteiger partial charge < -0.3 is 4.74 Å². The first kappa shape index (κ1) is 31.1. The Morgan fingerprint density at radius 3 is 1.74 bits per heavy atom. The summed E-state index contributed by atoms with van der Waals surface area (Å²) >= 11 is 0. The highest BCUT2D eigenvalue weighted by molar-refractivity contribution is 6.26. The van der Waals surface area contributed by atoms with E-state index in [1.807, 2.05) is 0 Å². The Hall–Kier alpha value is -6.70. The van der Waals surface area contributed by atoms with Gasteiger partial charge >= 0.3 is 0 Å². The van der Waals surface area contributed by atoms with Crippen LogP contribution in [0, 0.1) is 0 Å². The van der Waals surface area contributed by atoms with E-state index in [0.717, 1.165) is 24.4 Å². The Morgan fingerprint density at radius 1 is 0.377 bits per heavy atom. The zero-order valence-electron chi connectivity index (χ0n) is 29.3. The van der Waals surface area contributed by atoms with Crippen molar-refractivity contribution in [3.63, 3.8) is 0 Å². The molecule has 0 unspecified atom stereocenters. The highest BCUT2D eigenvalue weighted by atomic mass is 16.5. The van der Waals surface area contributed by atoms with Gasteiger partial charge in [-0.25, -0.2) is 0 Å². The maximum atomic E-state index is 6.62. The molecule has 0 atom stereocenters. The molecule has 10 rings (SSSR count). The van der Waals surface area contributed by atoms with E-state index in [2.05, 4.69) is 194 Å². The maximum Gasteiger partial charge on any atom is 0.127 e. The van der Waals surface area contributed by atoms with Crippen molar-refractivity contribution in [1.82, 2.24) is 0 Å². The monoisotopic (exact) mass is 676 g/mol. The molecule has 53 heavy (non-hydrogen) atoms.